The largest absolute Gasteiger partial charge is 0.376 e. The zero-order chi connectivity index (χ0) is 13.6. The summed E-state index contributed by atoms with van der Waals surface area (Å²) >= 11 is 0. The Hall–Kier alpha value is -0.220. The molecule has 0 aromatic carbocycles. The molecule has 1 saturated heterocycles. The maximum atomic E-state index is 11.7. The second-order valence-corrected chi connectivity index (χ2v) is 9.28. The highest BCUT2D eigenvalue weighted by molar-refractivity contribution is 8.06. The van der Waals surface area contributed by atoms with E-state index in [0.717, 1.165) is 19.1 Å². The lowest BCUT2D eigenvalue weighted by molar-refractivity contribution is -0.114. The molecule has 2 fully saturated rings. The maximum absolute atomic E-state index is 11.7. The van der Waals surface area contributed by atoms with Crippen LogP contribution in [-0.2, 0) is 24.6 Å². The fraction of sp³-hybridized carbons (Fsp3) is 1.00. The average Bonchev–Trinajstić information content (AvgIpc) is 2.22. The van der Waals surface area contributed by atoms with Gasteiger partial charge in [0.25, 0.3) is 0 Å². The van der Waals surface area contributed by atoms with Gasteiger partial charge in [0.15, 0.2) is 14.9 Å². The van der Waals surface area contributed by atoms with Gasteiger partial charge >= 0.3 is 0 Å². The van der Waals surface area contributed by atoms with Gasteiger partial charge in [0.2, 0.25) is 10.0 Å². The Balaban J connectivity index is 2.02. The highest BCUT2D eigenvalue weighted by Gasteiger charge is 2.51. The first-order chi connectivity index (χ1) is 8.20. The van der Waals surface area contributed by atoms with Crippen LogP contribution in [0.1, 0.15) is 12.8 Å². The minimum atomic E-state index is -3.88. The van der Waals surface area contributed by atoms with Gasteiger partial charge in [0.05, 0.1) is 12.1 Å². The molecule has 7 nitrogen and oxygen atoms in total. The van der Waals surface area contributed by atoms with Crippen molar-refractivity contribution in [3.8, 4) is 0 Å². The number of sulfone groups is 1. The van der Waals surface area contributed by atoms with Crippen LogP contribution < -0.4 is 10.5 Å². The molecule has 2 rings (SSSR count). The number of nitrogens with two attached hydrogens (primary N) is 1. The van der Waals surface area contributed by atoms with E-state index < -0.39 is 31.0 Å². The first kappa shape index (κ1) is 14.2. The lowest BCUT2D eigenvalue weighted by Crippen LogP contribution is -2.72. The van der Waals surface area contributed by atoms with Gasteiger partial charge < -0.3 is 10.5 Å². The summed E-state index contributed by atoms with van der Waals surface area (Å²) in [4.78, 5) is 0. The Kier molecular flexibility index (Phi) is 3.72. The molecule has 0 bridgehead atoms. The van der Waals surface area contributed by atoms with Crippen molar-refractivity contribution >= 4 is 19.9 Å². The van der Waals surface area contributed by atoms with Crippen LogP contribution in [0.15, 0.2) is 0 Å². The number of fused-ring (bicyclic) bond motifs is 1. The molecule has 0 spiro atoms. The second-order valence-electron chi connectivity index (χ2n) is 5.02. The van der Waals surface area contributed by atoms with E-state index in [1.807, 2.05) is 0 Å². The summed E-state index contributed by atoms with van der Waals surface area (Å²) in [5.74, 6) is 0.171. The molecule has 0 aromatic heterocycles. The standard InChI is InChI=1S/C9H18N2O5S2/c1-17(12,13)5-18(14,15)11-8-7(10)6-3-2-4-16-9(6)8/h6-9,11H,2-5,10H2,1H3. The van der Waals surface area contributed by atoms with E-state index >= 15 is 0 Å². The van der Waals surface area contributed by atoms with Crippen molar-refractivity contribution in [3.05, 3.63) is 0 Å². The number of ether oxygens (including phenoxy) is 1. The summed E-state index contributed by atoms with van der Waals surface area (Å²) in [7, 11) is -7.47. The number of rotatable bonds is 4. The fourth-order valence-electron chi connectivity index (χ4n) is 2.62. The first-order valence-corrected chi connectivity index (χ1v) is 9.46. The number of nitrogens with one attached hydrogen (secondary N) is 1. The van der Waals surface area contributed by atoms with Gasteiger partial charge in [-0.2, -0.15) is 0 Å². The van der Waals surface area contributed by atoms with Gasteiger partial charge in [-0.3, -0.25) is 0 Å². The Morgan fingerprint density at radius 2 is 2.00 bits per heavy atom. The molecule has 9 heteroatoms. The van der Waals surface area contributed by atoms with Gasteiger partial charge in [-0.15, -0.1) is 0 Å². The van der Waals surface area contributed by atoms with Crippen LogP contribution in [-0.4, -0.2) is 53.0 Å². The summed E-state index contributed by atoms with van der Waals surface area (Å²) in [5, 5.41) is -0.916. The second kappa shape index (κ2) is 4.71. The molecular formula is C9H18N2O5S2. The van der Waals surface area contributed by atoms with E-state index in [2.05, 4.69) is 4.72 Å². The Labute approximate surface area is 107 Å². The Morgan fingerprint density at radius 1 is 1.33 bits per heavy atom. The van der Waals surface area contributed by atoms with Crippen molar-refractivity contribution < 1.29 is 21.6 Å². The van der Waals surface area contributed by atoms with Crippen LogP contribution in [0, 0.1) is 5.92 Å². The molecule has 4 atom stereocenters. The zero-order valence-corrected chi connectivity index (χ0v) is 11.7. The molecule has 1 aliphatic carbocycles. The van der Waals surface area contributed by atoms with Crippen molar-refractivity contribution in [2.45, 2.75) is 31.0 Å². The summed E-state index contributed by atoms with van der Waals surface area (Å²) in [5.41, 5.74) is 5.89. The van der Waals surface area contributed by atoms with Gasteiger partial charge in [-0.1, -0.05) is 0 Å². The molecule has 1 aliphatic heterocycles. The van der Waals surface area contributed by atoms with Gasteiger partial charge in [0, 0.05) is 24.8 Å². The molecule has 0 radical (unpaired) electrons. The lowest BCUT2D eigenvalue weighted by atomic mass is 9.69. The predicted molar refractivity (Wildman–Crippen MR) is 66.0 cm³/mol. The summed E-state index contributed by atoms with van der Waals surface area (Å²) in [6.07, 6.45) is 2.52. The summed E-state index contributed by atoms with van der Waals surface area (Å²) in [6, 6.07) is -0.813. The van der Waals surface area contributed by atoms with E-state index in [-0.39, 0.29) is 18.1 Å². The Morgan fingerprint density at radius 3 is 2.61 bits per heavy atom. The van der Waals surface area contributed by atoms with E-state index in [9.17, 15) is 16.8 Å². The quantitative estimate of drug-likeness (QED) is 0.646. The molecular weight excluding hydrogens is 280 g/mol. The van der Waals surface area contributed by atoms with E-state index in [1.165, 1.54) is 0 Å². The highest BCUT2D eigenvalue weighted by Crippen LogP contribution is 2.37. The van der Waals surface area contributed by atoms with Crippen molar-refractivity contribution in [3.63, 3.8) is 0 Å². The third kappa shape index (κ3) is 3.02. The molecule has 2 aliphatic rings. The summed E-state index contributed by atoms with van der Waals surface area (Å²) in [6.45, 7) is 0.595. The van der Waals surface area contributed by atoms with Gasteiger partial charge in [-0.05, 0) is 12.8 Å². The van der Waals surface area contributed by atoms with Crippen LogP contribution in [0.25, 0.3) is 0 Å². The molecule has 0 aromatic rings. The third-order valence-electron chi connectivity index (χ3n) is 3.36. The topological polar surface area (TPSA) is 116 Å². The van der Waals surface area contributed by atoms with Gasteiger partial charge in [0.1, 0.15) is 0 Å². The van der Waals surface area contributed by atoms with E-state index in [4.69, 9.17) is 10.5 Å². The maximum Gasteiger partial charge on any atom is 0.226 e. The predicted octanol–water partition coefficient (Wildman–Crippen LogP) is -1.59. The van der Waals surface area contributed by atoms with E-state index in [1.54, 1.807) is 0 Å². The zero-order valence-electron chi connectivity index (χ0n) is 10.1. The molecule has 106 valence electrons. The minimum absolute atomic E-state index is 0.171. The number of hydrogen-bond acceptors (Lipinski definition) is 6. The monoisotopic (exact) mass is 298 g/mol. The van der Waals surface area contributed by atoms with Crippen LogP contribution in [0.4, 0.5) is 0 Å². The van der Waals surface area contributed by atoms with Crippen LogP contribution in [0.3, 0.4) is 0 Å². The average molecular weight is 298 g/mol. The number of hydrogen-bond donors (Lipinski definition) is 2. The fourth-order valence-corrected chi connectivity index (χ4v) is 5.85. The van der Waals surface area contributed by atoms with Crippen molar-refractivity contribution in [1.82, 2.24) is 4.72 Å². The first-order valence-electron chi connectivity index (χ1n) is 5.74. The Bertz CT molecular complexity index is 515. The molecule has 0 amide bonds. The van der Waals surface area contributed by atoms with Gasteiger partial charge in [-0.25, -0.2) is 21.6 Å². The van der Waals surface area contributed by atoms with Crippen LogP contribution in [0.2, 0.25) is 0 Å². The SMILES string of the molecule is CS(=O)(=O)CS(=O)(=O)NC1C(N)C2CCCOC21. The van der Waals surface area contributed by atoms with E-state index in [0.29, 0.717) is 6.61 Å². The number of sulfonamides is 1. The highest BCUT2D eigenvalue weighted by atomic mass is 32.3. The van der Waals surface area contributed by atoms with Crippen molar-refractivity contribution in [1.29, 1.82) is 0 Å². The van der Waals surface area contributed by atoms with Crippen LogP contribution in [0.5, 0.6) is 0 Å². The molecule has 18 heavy (non-hydrogen) atoms. The normalized spacial score (nSPS) is 36.8. The molecule has 3 N–H and O–H groups in total. The van der Waals surface area contributed by atoms with Crippen LogP contribution >= 0.6 is 0 Å². The lowest BCUT2D eigenvalue weighted by Gasteiger charge is -2.52. The molecule has 1 heterocycles. The van der Waals surface area contributed by atoms with Crippen molar-refractivity contribution in [2.24, 2.45) is 11.7 Å². The van der Waals surface area contributed by atoms with Crippen molar-refractivity contribution in [2.75, 3.05) is 17.9 Å². The molecule has 1 saturated carbocycles. The summed E-state index contributed by atoms with van der Waals surface area (Å²) < 4.78 is 53.2. The molecule has 4 unspecified atom stereocenters. The minimum Gasteiger partial charge on any atom is -0.376 e. The third-order valence-corrected chi connectivity index (χ3v) is 6.95. The smallest absolute Gasteiger partial charge is 0.226 e.